The van der Waals surface area contributed by atoms with Crippen molar-refractivity contribution in [3.8, 4) is 0 Å². The van der Waals surface area contributed by atoms with Gasteiger partial charge in [0.05, 0.1) is 0 Å². The lowest BCUT2D eigenvalue weighted by Gasteiger charge is -2.31. The predicted octanol–water partition coefficient (Wildman–Crippen LogP) is 5.16. The molecule has 2 unspecified atom stereocenters. The van der Waals surface area contributed by atoms with Crippen LogP contribution in [0.25, 0.3) is 0 Å². The Morgan fingerprint density at radius 3 is 2.89 bits per heavy atom. The zero-order valence-electron chi connectivity index (χ0n) is 10.9. The second kappa shape index (κ2) is 6.93. The maximum atomic E-state index is 6.05. The van der Waals surface area contributed by atoms with Crippen LogP contribution in [0.1, 0.15) is 44.6 Å². The van der Waals surface area contributed by atoms with Gasteiger partial charge in [-0.25, -0.2) is 0 Å². The summed E-state index contributed by atoms with van der Waals surface area (Å²) in [6.45, 7) is 3.21. The van der Waals surface area contributed by atoms with E-state index in [0.29, 0.717) is 6.04 Å². The smallest absolute Gasteiger partial charge is 0.0410 e. The molecule has 1 nitrogen and oxygen atoms in total. The van der Waals surface area contributed by atoms with E-state index in [1.165, 1.54) is 37.7 Å². The maximum Gasteiger partial charge on any atom is 0.0410 e. The van der Waals surface area contributed by atoms with Crippen LogP contribution in [0.2, 0.25) is 5.02 Å². The minimum absolute atomic E-state index is 0.676. The number of halogens is 2. The Kier molecular flexibility index (Phi) is 5.53. The Hall–Kier alpha value is -0.0500. The van der Waals surface area contributed by atoms with Crippen molar-refractivity contribution in [1.29, 1.82) is 0 Å². The van der Waals surface area contributed by atoms with Gasteiger partial charge in [0.2, 0.25) is 0 Å². The first-order valence-electron chi connectivity index (χ1n) is 6.88. The molecule has 0 aliphatic heterocycles. The Morgan fingerprint density at radius 2 is 2.11 bits per heavy atom. The summed E-state index contributed by atoms with van der Waals surface area (Å²) in [5.41, 5.74) is 1.25. The third-order valence-corrected chi connectivity index (χ3v) is 5.00. The zero-order valence-corrected chi connectivity index (χ0v) is 13.2. The Morgan fingerprint density at radius 1 is 1.33 bits per heavy atom. The fourth-order valence-electron chi connectivity index (χ4n) is 2.88. The third kappa shape index (κ3) is 3.72. The molecule has 2 rings (SSSR count). The highest BCUT2D eigenvalue weighted by Crippen LogP contribution is 2.28. The second-order valence-corrected chi connectivity index (χ2v) is 6.47. The van der Waals surface area contributed by atoms with E-state index < -0.39 is 0 Å². The molecule has 0 spiro atoms. The van der Waals surface area contributed by atoms with Gasteiger partial charge in [0.1, 0.15) is 0 Å². The molecule has 1 N–H and O–H groups in total. The van der Waals surface area contributed by atoms with Gasteiger partial charge in [0.25, 0.3) is 0 Å². The molecule has 18 heavy (non-hydrogen) atoms. The van der Waals surface area contributed by atoms with Crippen molar-refractivity contribution in [3.63, 3.8) is 0 Å². The van der Waals surface area contributed by atoms with Crippen molar-refractivity contribution in [1.82, 2.24) is 5.32 Å². The quantitative estimate of drug-likeness (QED) is 0.804. The molecule has 3 heteroatoms. The molecule has 0 aromatic heterocycles. The minimum atomic E-state index is 0.676. The Balaban J connectivity index is 1.95. The summed E-state index contributed by atoms with van der Waals surface area (Å²) in [4.78, 5) is 0. The predicted molar refractivity (Wildman–Crippen MR) is 82.0 cm³/mol. The Labute approximate surface area is 123 Å². The first-order chi connectivity index (χ1) is 8.70. The van der Waals surface area contributed by atoms with Crippen molar-refractivity contribution in [2.24, 2.45) is 5.92 Å². The molecule has 0 radical (unpaired) electrons. The van der Waals surface area contributed by atoms with Gasteiger partial charge in [-0.2, -0.15) is 0 Å². The van der Waals surface area contributed by atoms with Crippen LogP contribution >= 0.6 is 27.5 Å². The fourth-order valence-corrected chi connectivity index (χ4v) is 3.47. The highest BCUT2D eigenvalue weighted by molar-refractivity contribution is 9.10. The number of rotatable bonds is 4. The molecule has 0 heterocycles. The van der Waals surface area contributed by atoms with E-state index in [1.807, 2.05) is 18.2 Å². The lowest BCUT2D eigenvalue weighted by molar-refractivity contribution is 0.254. The normalized spacial score (nSPS) is 24.2. The van der Waals surface area contributed by atoms with E-state index in [1.54, 1.807) is 0 Å². The van der Waals surface area contributed by atoms with E-state index in [-0.39, 0.29) is 0 Å². The number of hydrogen-bond donors (Lipinski definition) is 1. The van der Waals surface area contributed by atoms with Crippen LogP contribution in [0.5, 0.6) is 0 Å². The van der Waals surface area contributed by atoms with Crippen molar-refractivity contribution in [2.45, 2.75) is 51.6 Å². The van der Waals surface area contributed by atoms with Crippen LogP contribution < -0.4 is 5.32 Å². The average Bonchev–Trinajstić information content (AvgIpc) is 2.40. The first kappa shape index (κ1) is 14.4. The standard InChI is InChI=1S/C15H21BrClN/c1-2-11-5-3-4-6-15(11)18-10-12-9-13(17)7-8-14(12)16/h7-9,11,15,18H,2-6,10H2,1H3. The van der Waals surface area contributed by atoms with Crippen LogP contribution in [0.4, 0.5) is 0 Å². The van der Waals surface area contributed by atoms with Gasteiger partial charge in [0.15, 0.2) is 0 Å². The van der Waals surface area contributed by atoms with Gasteiger partial charge in [-0.05, 0) is 42.5 Å². The topological polar surface area (TPSA) is 12.0 Å². The highest BCUT2D eigenvalue weighted by Gasteiger charge is 2.22. The van der Waals surface area contributed by atoms with Crippen molar-refractivity contribution in [3.05, 3.63) is 33.3 Å². The molecule has 1 aromatic rings. The van der Waals surface area contributed by atoms with Crippen LogP contribution in [-0.2, 0) is 6.54 Å². The van der Waals surface area contributed by atoms with Crippen LogP contribution in [-0.4, -0.2) is 6.04 Å². The summed E-state index contributed by atoms with van der Waals surface area (Å²) in [5.74, 6) is 0.844. The summed E-state index contributed by atoms with van der Waals surface area (Å²) < 4.78 is 1.14. The van der Waals surface area contributed by atoms with Crippen LogP contribution in [0, 0.1) is 5.92 Å². The van der Waals surface area contributed by atoms with Gasteiger partial charge < -0.3 is 5.32 Å². The molecule has 1 aromatic carbocycles. The van der Waals surface area contributed by atoms with E-state index >= 15 is 0 Å². The van der Waals surface area contributed by atoms with E-state index in [2.05, 4.69) is 28.2 Å². The molecule has 2 atom stereocenters. The largest absolute Gasteiger partial charge is 0.310 e. The van der Waals surface area contributed by atoms with Gasteiger partial charge in [0, 0.05) is 22.1 Å². The molecule has 1 aliphatic carbocycles. The Bertz CT molecular complexity index is 394. The fraction of sp³-hybridized carbons (Fsp3) is 0.600. The summed E-state index contributed by atoms with van der Waals surface area (Å²) in [5, 5.41) is 4.53. The van der Waals surface area contributed by atoms with E-state index in [9.17, 15) is 0 Å². The SMILES string of the molecule is CCC1CCCCC1NCc1cc(Cl)ccc1Br. The molecule has 0 saturated heterocycles. The lowest BCUT2D eigenvalue weighted by Crippen LogP contribution is -2.37. The molecule has 0 amide bonds. The molecule has 0 bridgehead atoms. The first-order valence-corrected chi connectivity index (χ1v) is 8.05. The van der Waals surface area contributed by atoms with Crippen LogP contribution in [0.3, 0.4) is 0 Å². The third-order valence-electron chi connectivity index (χ3n) is 4.00. The molecule has 100 valence electrons. The average molecular weight is 331 g/mol. The van der Waals surface area contributed by atoms with Crippen molar-refractivity contribution in [2.75, 3.05) is 0 Å². The molecule has 1 saturated carbocycles. The molecular weight excluding hydrogens is 310 g/mol. The highest BCUT2D eigenvalue weighted by atomic mass is 79.9. The van der Waals surface area contributed by atoms with Gasteiger partial charge >= 0.3 is 0 Å². The van der Waals surface area contributed by atoms with Gasteiger partial charge in [-0.1, -0.05) is 53.7 Å². The molecular formula is C15H21BrClN. The summed E-state index contributed by atoms with van der Waals surface area (Å²) in [6.07, 6.45) is 6.75. The van der Waals surface area contributed by atoms with Gasteiger partial charge in [-0.15, -0.1) is 0 Å². The van der Waals surface area contributed by atoms with Gasteiger partial charge in [-0.3, -0.25) is 0 Å². The molecule has 1 aliphatic rings. The number of nitrogens with one attached hydrogen (secondary N) is 1. The van der Waals surface area contributed by atoms with E-state index in [4.69, 9.17) is 11.6 Å². The summed E-state index contributed by atoms with van der Waals surface area (Å²) in [7, 11) is 0. The molecule has 1 fully saturated rings. The van der Waals surface area contributed by atoms with E-state index in [0.717, 1.165) is 22.0 Å². The maximum absolute atomic E-state index is 6.05. The summed E-state index contributed by atoms with van der Waals surface area (Å²) in [6, 6.07) is 6.67. The van der Waals surface area contributed by atoms with Crippen molar-refractivity contribution >= 4 is 27.5 Å². The zero-order chi connectivity index (χ0) is 13.0. The van der Waals surface area contributed by atoms with Crippen LogP contribution in [0.15, 0.2) is 22.7 Å². The second-order valence-electron chi connectivity index (χ2n) is 5.18. The minimum Gasteiger partial charge on any atom is -0.310 e. The monoisotopic (exact) mass is 329 g/mol. The summed E-state index contributed by atoms with van der Waals surface area (Å²) >= 11 is 9.63. The number of hydrogen-bond acceptors (Lipinski definition) is 1. The van der Waals surface area contributed by atoms with Crippen molar-refractivity contribution < 1.29 is 0 Å². The number of benzene rings is 1. The lowest BCUT2D eigenvalue weighted by atomic mass is 9.83.